The number of primary amides is 1. The maximum atomic E-state index is 13.5. The predicted octanol–water partition coefficient (Wildman–Crippen LogP) is 0.798. The highest BCUT2D eigenvalue weighted by Crippen LogP contribution is 2.36. The van der Waals surface area contributed by atoms with E-state index in [1.54, 1.807) is 35.9 Å². The second kappa shape index (κ2) is 7.90. The summed E-state index contributed by atoms with van der Waals surface area (Å²) < 4.78 is 34.6. The first-order valence-electron chi connectivity index (χ1n) is 9.56. The summed E-state index contributed by atoms with van der Waals surface area (Å²) in [5.41, 5.74) is 6.60. The van der Waals surface area contributed by atoms with Crippen molar-refractivity contribution in [1.82, 2.24) is 14.9 Å². The number of piperazine rings is 1. The van der Waals surface area contributed by atoms with E-state index >= 15 is 0 Å². The van der Waals surface area contributed by atoms with Crippen molar-refractivity contribution in [2.75, 3.05) is 29.9 Å². The van der Waals surface area contributed by atoms with Crippen LogP contribution in [0.3, 0.4) is 0 Å². The molecule has 0 spiro atoms. The van der Waals surface area contributed by atoms with Gasteiger partial charge in [-0.1, -0.05) is 0 Å². The van der Waals surface area contributed by atoms with Gasteiger partial charge in [0.2, 0.25) is 11.8 Å². The molecule has 2 aliphatic rings. The molecule has 9 nitrogen and oxygen atoms in total. The summed E-state index contributed by atoms with van der Waals surface area (Å²) in [4.78, 5) is 29.2. The van der Waals surface area contributed by atoms with Crippen LogP contribution in [0.5, 0.6) is 5.75 Å². The zero-order valence-electron chi connectivity index (χ0n) is 16.3. The number of nitrogens with two attached hydrogens (primary N) is 1. The molecule has 1 aromatic carbocycles. The second-order valence-electron chi connectivity index (χ2n) is 7.24. The largest absolute Gasteiger partial charge is 0.491 e. The minimum absolute atomic E-state index is 0.00161. The van der Waals surface area contributed by atoms with Gasteiger partial charge in [-0.25, -0.2) is 13.8 Å². The Kier molecular flexibility index (Phi) is 5.29. The molecule has 3 heterocycles. The monoisotopic (exact) mass is 420 g/mol. The molecule has 4 rings (SSSR count). The van der Waals surface area contributed by atoms with Gasteiger partial charge in [-0.15, -0.1) is 0 Å². The number of rotatable bonds is 5. The number of alkyl halides is 2. The van der Waals surface area contributed by atoms with Crippen LogP contribution in [0.25, 0.3) is 11.4 Å². The van der Waals surface area contributed by atoms with Crippen LogP contribution < -0.4 is 26.0 Å². The lowest BCUT2D eigenvalue weighted by Crippen LogP contribution is -2.58. The fourth-order valence-electron chi connectivity index (χ4n) is 3.58. The van der Waals surface area contributed by atoms with E-state index in [4.69, 9.17) is 10.5 Å². The summed E-state index contributed by atoms with van der Waals surface area (Å²) in [5.74, 6) is 0.312. The Hall–Kier alpha value is -3.21. The van der Waals surface area contributed by atoms with Crippen molar-refractivity contribution in [3.8, 4) is 17.1 Å². The van der Waals surface area contributed by atoms with E-state index in [0.717, 1.165) is 4.90 Å². The Morgan fingerprint density at radius 3 is 2.97 bits per heavy atom. The Balaban J connectivity index is 1.69. The number of benzene rings is 1. The highest BCUT2D eigenvalue weighted by atomic mass is 19.3. The van der Waals surface area contributed by atoms with Gasteiger partial charge in [0.25, 0.3) is 6.43 Å². The molecule has 2 aromatic rings. The van der Waals surface area contributed by atoms with Gasteiger partial charge < -0.3 is 25.7 Å². The van der Waals surface area contributed by atoms with Crippen LogP contribution in [0, 0.1) is 0 Å². The molecule has 30 heavy (non-hydrogen) atoms. The summed E-state index contributed by atoms with van der Waals surface area (Å²) in [7, 11) is 0. The van der Waals surface area contributed by atoms with E-state index in [1.807, 2.05) is 0 Å². The molecule has 4 N–H and O–H groups in total. The number of fused-ring (bicyclic) bond motifs is 3. The molecule has 2 aliphatic heterocycles. The third-order valence-corrected chi connectivity index (χ3v) is 5.15. The maximum Gasteiger partial charge on any atom is 0.260 e. The molecule has 1 saturated heterocycles. The molecular weight excluding hydrogens is 398 g/mol. The van der Waals surface area contributed by atoms with Crippen molar-refractivity contribution in [3.05, 3.63) is 24.4 Å². The fraction of sp³-hybridized carbons (Fsp3) is 0.421. The summed E-state index contributed by atoms with van der Waals surface area (Å²) in [6.45, 7) is 2.41. The molecule has 2 amide bonds. The van der Waals surface area contributed by atoms with Crippen LogP contribution in [-0.4, -0.2) is 59.6 Å². The van der Waals surface area contributed by atoms with Crippen molar-refractivity contribution in [3.63, 3.8) is 0 Å². The summed E-state index contributed by atoms with van der Waals surface area (Å²) in [6, 6.07) is 3.42. The van der Waals surface area contributed by atoms with Crippen molar-refractivity contribution < 1.29 is 23.1 Å². The van der Waals surface area contributed by atoms with E-state index in [9.17, 15) is 18.4 Å². The number of imidazole rings is 1. The van der Waals surface area contributed by atoms with Crippen LogP contribution in [0.1, 0.15) is 6.92 Å². The number of carbonyl (C=O) groups excluding carboxylic acids is 2. The SMILES string of the molecule is C[C@H](Nc1ccc2c(c1)OCCn1cc(N3C(=O)CNCC3C(F)F)nc1-2)C(N)=O. The lowest BCUT2D eigenvalue weighted by atomic mass is 10.1. The van der Waals surface area contributed by atoms with Gasteiger partial charge in [-0.05, 0) is 19.1 Å². The minimum atomic E-state index is -2.69. The number of ether oxygens (including phenoxy) is 1. The average molecular weight is 420 g/mol. The molecule has 0 bridgehead atoms. The van der Waals surface area contributed by atoms with E-state index < -0.39 is 30.3 Å². The van der Waals surface area contributed by atoms with Gasteiger partial charge >= 0.3 is 0 Å². The number of amides is 2. The third-order valence-electron chi connectivity index (χ3n) is 5.15. The minimum Gasteiger partial charge on any atom is -0.491 e. The number of nitrogens with zero attached hydrogens (tertiary/aromatic N) is 3. The Labute approximate surface area is 171 Å². The van der Waals surface area contributed by atoms with Crippen molar-refractivity contribution in [2.24, 2.45) is 5.73 Å². The molecule has 160 valence electrons. The van der Waals surface area contributed by atoms with Crippen LogP contribution in [0.4, 0.5) is 20.3 Å². The molecule has 1 unspecified atom stereocenters. The molecule has 1 aromatic heterocycles. The van der Waals surface area contributed by atoms with E-state index in [0.29, 0.717) is 36.0 Å². The van der Waals surface area contributed by atoms with Crippen molar-refractivity contribution >= 4 is 23.3 Å². The van der Waals surface area contributed by atoms with E-state index in [1.165, 1.54) is 0 Å². The van der Waals surface area contributed by atoms with Crippen LogP contribution >= 0.6 is 0 Å². The normalized spacial score (nSPS) is 19.5. The lowest BCUT2D eigenvalue weighted by molar-refractivity contribution is -0.120. The zero-order valence-corrected chi connectivity index (χ0v) is 16.3. The number of nitrogens with one attached hydrogen (secondary N) is 2. The number of hydrogen-bond donors (Lipinski definition) is 3. The van der Waals surface area contributed by atoms with Gasteiger partial charge in [-0.2, -0.15) is 0 Å². The molecule has 0 aliphatic carbocycles. The first kappa shape index (κ1) is 20.1. The first-order chi connectivity index (χ1) is 14.3. The van der Waals surface area contributed by atoms with Crippen LogP contribution in [0.15, 0.2) is 24.4 Å². The van der Waals surface area contributed by atoms with Gasteiger partial charge in [0.1, 0.15) is 30.3 Å². The highest BCUT2D eigenvalue weighted by Gasteiger charge is 2.37. The summed E-state index contributed by atoms with van der Waals surface area (Å²) in [5, 5.41) is 5.71. The van der Waals surface area contributed by atoms with E-state index in [-0.39, 0.29) is 18.9 Å². The third kappa shape index (κ3) is 3.67. The smallest absolute Gasteiger partial charge is 0.260 e. The topological polar surface area (TPSA) is 115 Å². The van der Waals surface area contributed by atoms with Gasteiger partial charge in [0.15, 0.2) is 5.82 Å². The number of halogens is 2. The first-order valence-corrected chi connectivity index (χ1v) is 9.56. The quantitative estimate of drug-likeness (QED) is 0.659. The highest BCUT2D eigenvalue weighted by molar-refractivity contribution is 5.95. The Morgan fingerprint density at radius 2 is 2.23 bits per heavy atom. The maximum absolute atomic E-state index is 13.5. The molecule has 0 saturated carbocycles. The molecule has 2 atom stereocenters. The van der Waals surface area contributed by atoms with Crippen LogP contribution in [-0.2, 0) is 16.1 Å². The predicted molar refractivity (Wildman–Crippen MR) is 106 cm³/mol. The van der Waals surface area contributed by atoms with Crippen molar-refractivity contribution in [2.45, 2.75) is 32.0 Å². The molecule has 11 heteroatoms. The average Bonchev–Trinajstić information content (AvgIpc) is 3.03. The van der Waals surface area contributed by atoms with Crippen molar-refractivity contribution in [1.29, 1.82) is 0 Å². The Morgan fingerprint density at radius 1 is 1.43 bits per heavy atom. The molecule has 0 radical (unpaired) electrons. The summed E-state index contributed by atoms with van der Waals surface area (Å²) >= 11 is 0. The molecular formula is C19H22F2N6O3. The summed E-state index contributed by atoms with van der Waals surface area (Å²) in [6.07, 6.45) is -1.09. The number of carbonyl (C=O) groups is 2. The second-order valence-corrected chi connectivity index (χ2v) is 7.24. The number of hydrogen-bond acceptors (Lipinski definition) is 6. The Bertz CT molecular complexity index is 979. The zero-order chi connectivity index (χ0) is 21.4. The lowest BCUT2D eigenvalue weighted by Gasteiger charge is -2.33. The van der Waals surface area contributed by atoms with Gasteiger partial charge in [0.05, 0.1) is 18.7 Å². The van der Waals surface area contributed by atoms with Gasteiger partial charge in [0, 0.05) is 24.5 Å². The van der Waals surface area contributed by atoms with Gasteiger partial charge in [-0.3, -0.25) is 14.5 Å². The number of aromatic nitrogens is 2. The standard InChI is InChI=1S/C19H22F2N6O3/c1-10(18(22)29)24-11-2-3-12-14(6-11)30-5-4-26-9-15(25-19(12)26)27-13(17(20)21)7-23-8-16(27)28/h2-3,6,9-10,13,17,23-24H,4-5,7-8H2,1H3,(H2,22,29)/t10-,13?/m0/s1. The van der Waals surface area contributed by atoms with E-state index in [2.05, 4.69) is 15.6 Å². The van der Waals surface area contributed by atoms with Crippen LogP contribution in [0.2, 0.25) is 0 Å². The fourth-order valence-corrected chi connectivity index (χ4v) is 3.58. The number of anilines is 2. The molecule has 1 fully saturated rings.